The van der Waals surface area contributed by atoms with E-state index in [9.17, 15) is 9.90 Å². The molecule has 0 aromatic carbocycles. The van der Waals surface area contributed by atoms with Gasteiger partial charge >= 0.3 is 5.97 Å². The fourth-order valence-corrected chi connectivity index (χ4v) is 1.57. The fourth-order valence-electron chi connectivity index (χ4n) is 1.57. The summed E-state index contributed by atoms with van der Waals surface area (Å²) in [4.78, 5) is 10.6. The van der Waals surface area contributed by atoms with Crippen LogP contribution in [0.5, 0.6) is 0 Å². The third kappa shape index (κ3) is 3.27. The molecule has 0 saturated heterocycles. The molecule has 1 fully saturated rings. The Balaban J connectivity index is 2.28. The molecule has 2 N–H and O–H groups in total. The third-order valence-electron chi connectivity index (χ3n) is 2.61. The van der Waals surface area contributed by atoms with Crippen LogP contribution < -0.4 is 0 Å². The van der Waals surface area contributed by atoms with Crippen molar-refractivity contribution in [1.82, 2.24) is 0 Å². The standard InChI is InChI=1S/C10H18O4/c1-10(13,9(11)12)7-14-8-5-3-2-4-6-8/h8,13H,2-7H2,1H3,(H,11,12). The highest BCUT2D eigenvalue weighted by Gasteiger charge is 2.31. The van der Waals surface area contributed by atoms with Gasteiger partial charge in [0, 0.05) is 0 Å². The lowest BCUT2D eigenvalue weighted by atomic mass is 9.97. The second-order valence-electron chi connectivity index (χ2n) is 4.15. The van der Waals surface area contributed by atoms with Gasteiger partial charge in [0.05, 0.1) is 12.7 Å². The highest BCUT2D eigenvalue weighted by molar-refractivity contribution is 5.76. The van der Waals surface area contributed by atoms with Crippen LogP contribution in [-0.4, -0.2) is 34.5 Å². The number of ether oxygens (including phenoxy) is 1. The van der Waals surface area contributed by atoms with E-state index >= 15 is 0 Å². The summed E-state index contributed by atoms with van der Waals surface area (Å²) in [5.41, 5.74) is -1.75. The van der Waals surface area contributed by atoms with E-state index in [0.717, 1.165) is 25.7 Å². The molecule has 14 heavy (non-hydrogen) atoms. The first-order valence-corrected chi connectivity index (χ1v) is 5.10. The summed E-state index contributed by atoms with van der Waals surface area (Å²) in [6.07, 6.45) is 5.61. The van der Waals surface area contributed by atoms with Gasteiger partial charge in [-0.05, 0) is 19.8 Å². The van der Waals surface area contributed by atoms with Crippen molar-refractivity contribution >= 4 is 5.97 Å². The third-order valence-corrected chi connectivity index (χ3v) is 2.61. The Morgan fingerprint density at radius 1 is 1.43 bits per heavy atom. The number of rotatable bonds is 4. The van der Waals surface area contributed by atoms with Gasteiger partial charge in [-0.25, -0.2) is 4.79 Å². The van der Waals surface area contributed by atoms with Gasteiger partial charge in [0.15, 0.2) is 5.60 Å². The molecule has 0 amide bonds. The van der Waals surface area contributed by atoms with Crippen molar-refractivity contribution in [3.63, 3.8) is 0 Å². The first-order chi connectivity index (χ1) is 6.52. The van der Waals surface area contributed by atoms with Crippen LogP contribution in [0.1, 0.15) is 39.0 Å². The van der Waals surface area contributed by atoms with Crippen LogP contribution in [0.4, 0.5) is 0 Å². The lowest BCUT2D eigenvalue weighted by Gasteiger charge is -2.25. The zero-order chi connectivity index (χ0) is 10.6. The number of aliphatic hydroxyl groups is 1. The number of hydrogen-bond donors (Lipinski definition) is 2. The van der Waals surface area contributed by atoms with E-state index in [1.54, 1.807) is 0 Å². The molecule has 0 spiro atoms. The number of carboxylic acids is 1. The van der Waals surface area contributed by atoms with Gasteiger partial charge in [-0.3, -0.25) is 0 Å². The van der Waals surface area contributed by atoms with Gasteiger partial charge in [0.2, 0.25) is 0 Å². The maximum Gasteiger partial charge on any atom is 0.337 e. The lowest BCUT2D eigenvalue weighted by Crippen LogP contribution is -2.41. The predicted octanol–water partition coefficient (Wildman–Crippen LogP) is 1.17. The van der Waals surface area contributed by atoms with E-state index in [2.05, 4.69) is 0 Å². The molecule has 4 heteroatoms. The van der Waals surface area contributed by atoms with Crippen LogP contribution in [-0.2, 0) is 9.53 Å². The SMILES string of the molecule is CC(O)(COC1CCCCC1)C(=O)O. The van der Waals surface area contributed by atoms with Crippen LogP contribution in [0.3, 0.4) is 0 Å². The Hall–Kier alpha value is -0.610. The minimum atomic E-state index is -1.75. The Morgan fingerprint density at radius 2 is 2.00 bits per heavy atom. The quantitative estimate of drug-likeness (QED) is 0.718. The molecule has 1 saturated carbocycles. The fraction of sp³-hybridized carbons (Fsp3) is 0.900. The van der Waals surface area contributed by atoms with Gasteiger partial charge < -0.3 is 14.9 Å². The van der Waals surface area contributed by atoms with E-state index in [1.807, 2.05) is 0 Å². The average molecular weight is 202 g/mol. The number of hydrogen-bond acceptors (Lipinski definition) is 3. The first kappa shape index (κ1) is 11.5. The minimum Gasteiger partial charge on any atom is -0.479 e. The summed E-state index contributed by atoms with van der Waals surface area (Å²) in [7, 11) is 0. The van der Waals surface area contributed by atoms with Gasteiger partial charge in [-0.1, -0.05) is 19.3 Å². The predicted molar refractivity (Wildman–Crippen MR) is 51.1 cm³/mol. The van der Waals surface area contributed by atoms with Crippen LogP contribution >= 0.6 is 0 Å². The summed E-state index contributed by atoms with van der Waals surface area (Å²) >= 11 is 0. The van der Waals surface area contributed by atoms with Crippen molar-refractivity contribution in [3.8, 4) is 0 Å². The normalized spacial score (nSPS) is 23.0. The zero-order valence-electron chi connectivity index (χ0n) is 8.53. The summed E-state index contributed by atoms with van der Waals surface area (Å²) < 4.78 is 5.38. The highest BCUT2D eigenvalue weighted by Crippen LogP contribution is 2.21. The first-order valence-electron chi connectivity index (χ1n) is 5.10. The van der Waals surface area contributed by atoms with E-state index in [-0.39, 0.29) is 12.7 Å². The Labute approximate surface area is 83.9 Å². The number of aliphatic carboxylic acids is 1. The van der Waals surface area contributed by atoms with Gasteiger partial charge in [-0.15, -0.1) is 0 Å². The topological polar surface area (TPSA) is 66.8 Å². The van der Waals surface area contributed by atoms with Crippen LogP contribution in [0.25, 0.3) is 0 Å². The highest BCUT2D eigenvalue weighted by atomic mass is 16.5. The van der Waals surface area contributed by atoms with Crippen LogP contribution in [0.2, 0.25) is 0 Å². The molecular formula is C10H18O4. The van der Waals surface area contributed by atoms with E-state index in [4.69, 9.17) is 9.84 Å². The van der Waals surface area contributed by atoms with E-state index < -0.39 is 11.6 Å². The van der Waals surface area contributed by atoms with Gasteiger partial charge in [0.1, 0.15) is 0 Å². The minimum absolute atomic E-state index is 0.118. The number of carbonyl (C=O) groups is 1. The molecule has 1 unspecified atom stereocenters. The molecule has 1 rings (SSSR count). The smallest absolute Gasteiger partial charge is 0.337 e. The Morgan fingerprint density at radius 3 is 2.50 bits per heavy atom. The van der Waals surface area contributed by atoms with Crippen molar-refractivity contribution in [1.29, 1.82) is 0 Å². The van der Waals surface area contributed by atoms with E-state index in [0.29, 0.717) is 0 Å². The molecule has 0 aromatic heterocycles. The largest absolute Gasteiger partial charge is 0.479 e. The Bertz CT molecular complexity index is 194. The molecule has 0 radical (unpaired) electrons. The molecule has 0 aliphatic heterocycles. The molecule has 0 aromatic rings. The van der Waals surface area contributed by atoms with E-state index in [1.165, 1.54) is 13.3 Å². The van der Waals surface area contributed by atoms with Crippen molar-refractivity contribution in [2.45, 2.75) is 50.7 Å². The number of carboxylic acid groups (broad SMARTS) is 1. The summed E-state index contributed by atoms with van der Waals surface area (Å²) in [5.74, 6) is -1.23. The van der Waals surface area contributed by atoms with Crippen molar-refractivity contribution < 1.29 is 19.7 Å². The molecule has 0 bridgehead atoms. The maximum absolute atomic E-state index is 10.6. The van der Waals surface area contributed by atoms with Crippen molar-refractivity contribution in [3.05, 3.63) is 0 Å². The van der Waals surface area contributed by atoms with Gasteiger partial charge in [0.25, 0.3) is 0 Å². The summed E-state index contributed by atoms with van der Waals surface area (Å²) in [6, 6.07) is 0. The van der Waals surface area contributed by atoms with Crippen LogP contribution in [0.15, 0.2) is 0 Å². The maximum atomic E-state index is 10.6. The second-order valence-corrected chi connectivity index (χ2v) is 4.15. The summed E-state index contributed by atoms with van der Waals surface area (Å²) in [5, 5.41) is 18.0. The second kappa shape index (κ2) is 4.75. The van der Waals surface area contributed by atoms with Crippen molar-refractivity contribution in [2.75, 3.05) is 6.61 Å². The molecule has 4 nitrogen and oxygen atoms in total. The monoisotopic (exact) mass is 202 g/mol. The van der Waals surface area contributed by atoms with Crippen molar-refractivity contribution in [2.24, 2.45) is 0 Å². The molecular weight excluding hydrogens is 184 g/mol. The molecule has 1 aliphatic rings. The molecule has 1 aliphatic carbocycles. The zero-order valence-corrected chi connectivity index (χ0v) is 8.53. The lowest BCUT2D eigenvalue weighted by molar-refractivity contribution is -0.165. The Kier molecular flexibility index (Phi) is 3.89. The summed E-state index contributed by atoms with van der Waals surface area (Å²) in [6.45, 7) is 1.14. The average Bonchev–Trinajstić information content (AvgIpc) is 2.16. The molecule has 0 heterocycles. The molecule has 82 valence electrons. The van der Waals surface area contributed by atoms with Gasteiger partial charge in [-0.2, -0.15) is 0 Å². The van der Waals surface area contributed by atoms with Crippen LogP contribution in [0, 0.1) is 0 Å². The molecule has 1 atom stereocenters.